The summed E-state index contributed by atoms with van der Waals surface area (Å²) in [6, 6.07) is 2.98. The van der Waals surface area contributed by atoms with Crippen molar-refractivity contribution in [2.75, 3.05) is 47.5 Å². The Morgan fingerprint density at radius 3 is 2.08 bits per heavy atom. The van der Waals surface area contributed by atoms with E-state index in [-0.39, 0.29) is 6.42 Å². The van der Waals surface area contributed by atoms with E-state index in [1.54, 1.807) is 12.1 Å². The predicted octanol–water partition coefficient (Wildman–Crippen LogP) is 3.00. The molecule has 0 spiro atoms. The first-order chi connectivity index (χ1) is 11.9. The van der Waals surface area contributed by atoms with Gasteiger partial charge in [0.05, 0.1) is 21.3 Å². The maximum absolute atomic E-state index is 12.8. The number of halogens is 3. The predicted molar refractivity (Wildman–Crippen MR) is 88.6 cm³/mol. The van der Waals surface area contributed by atoms with Gasteiger partial charge >= 0.3 is 6.18 Å². The second-order valence-electron chi connectivity index (χ2n) is 5.90. The van der Waals surface area contributed by atoms with Gasteiger partial charge in [-0.05, 0) is 12.5 Å². The molecule has 0 aliphatic carbocycles. The van der Waals surface area contributed by atoms with Gasteiger partial charge in [0.1, 0.15) is 5.75 Å². The zero-order valence-corrected chi connectivity index (χ0v) is 14.8. The standard InChI is InChI=1S/C17H25F3N2O3/c1-23-14-11-16(25-3)15(24-2)10-12(14)13(4-5-17(18,19)20)22-8-6-21-7-9-22/h10-11,13,21H,4-9H2,1-3H3/t13-/m0/s1. The number of nitrogens with zero attached hydrogens (tertiary/aromatic N) is 1. The summed E-state index contributed by atoms with van der Waals surface area (Å²) < 4.78 is 54.5. The SMILES string of the molecule is COc1cc(OC)c([C@H](CCC(F)(F)F)N2CCNCC2)cc1OC. The molecule has 1 aromatic carbocycles. The van der Waals surface area contributed by atoms with Gasteiger partial charge in [0.25, 0.3) is 0 Å². The van der Waals surface area contributed by atoms with Crippen LogP contribution in [0.1, 0.15) is 24.4 Å². The molecule has 2 rings (SSSR count). The molecule has 0 saturated carbocycles. The molecule has 0 radical (unpaired) electrons. The molecule has 0 bridgehead atoms. The lowest BCUT2D eigenvalue weighted by molar-refractivity contribution is -0.138. The summed E-state index contributed by atoms with van der Waals surface area (Å²) >= 11 is 0. The fourth-order valence-electron chi connectivity index (χ4n) is 3.14. The number of alkyl halides is 3. The largest absolute Gasteiger partial charge is 0.496 e. The van der Waals surface area contributed by atoms with Crippen LogP contribution >= 0.6 is 0 Å². The molecule has 0 aromatic heterocycles. The van der Waals surface area contributed by atoms with Gasteiger partial charge in [-0.2, -0.15) is 13.2 Å². The molecule has 5 nitrogen and oxygen atoms in total. The monoisotopic (exact) mass is 362 g/mol. The Labute approximate surface area is 146 Å². The highest BCUT2D eigenvalue weighted by molar-refractivity contribution is 5.52. The van der Waals surface area contributed by atoms with Crippen molar-refractivity contribution in [1.82, 2.24) is 10.2 Å². The van der Waals surface area contributed by atoms with Crippen molar-refractivity contribution in [2.45, 2.75) is 25.1 Å². The van der Waals surface area contributed by atoms with Crippen LogP contribution in [0.2, 0.25) is 0 Å². The number of piperazine rings is 1. The Kier molecular flexibility index (Phi) is 6.78. The zero-order chi connectivity index (χ0) is 18.4. The molecule has 1 aliphatic heterocycles. The van der Waals surface area contributed by atoms with Gasteiger partial charge in [0, 0.05) is 50.3 Å². The molecule has 1 aromatic rings. The molecule has 142 valence electrons. The summed E-state index contributed by atoms with van der Waals surface area (Å²) in [5.74, 6) is 1.46. The number of hydrogen-bond donors (Lipinski definition) is 1. The summed E-state index contributed by atoms with van der Waals surface area (Å²) in [6.45, 7) is 2.86. The zero-order valence-electron chi connectivity index (χ0n) is 14.8. The lowest BCUT2D eigenvalue weighted by Crippen LogP contribution is -2.45. The van der Waals surface area contributed by atoms with E-state index in [0.717, 1.165) is 13.1 Å². The van der Waals surface area contributed by atoms with Crippen LogP contribution in [0.25, 0.3) is 0 Å². The fraction of sp³-hybridized carbons (Fsp3) is 0.647. The smallest absolute Gasteiger partial charge is 0.389 e. The normalized spacial score (nSPS) is 17.2. The summed E-state index contributed by atoms with van der Waals surface area (Å²) in [5.41, 5.74) is 0.686. The van der Waals surface area contributed by atoms with Gasteiger partial charge < -0.3 is 19.5 Å². The average molecular weight is 362 g/mol. The van der Waals surface area contributed by atoms with Crippen LogP contribution in [-0.2, 0) is 0 Å². The van der Waals surface area contributed by atoms with Gasteiger partial charge in [-0.15, -0.1) is 0 Å². The average Bonchev–Trinajstić information content (AvgIpc) is 2.61. The van der Waals surface area contributed by atoms with E-state index >= 15 is 0 Å². The molecular weight excluding hydrogens is 337 g/mol. The number of rotatable bonds is 7. The highest BCUT2D eigenvalue weighted by Crippen LogP contribution is 2.42. The number of nitrogens with one attached hydrogen (secondary N) is 1. The quantitative estimate of drug-likeness (QED) is 0.808. The van der Waals surface area contributed by atoms with Crippen LogP contribution in [0.3, 0.4) is 0 Å². The van der Waals surface area contributed by atoms with Crippen LogP contribution in [-0.4, -0.2) is 58.6 Å². The van der Waals surface area contributed by atoms with E-state index in [9.17, 15) is 13.2 Å². The van der Waals surface area contributed by atoms with Crippen molar-refractivity contribution in [3.8, 4) is 17.2 Å². The fourth-order valence-corrected chi connectivity index (χ4v) is 3.14. The van der Waals surface area contributed by atoms with E-state index in [2.05, 4.69) is 10.2 Å². The maximum Gasteiger partial charge on any atom is 0.389 e. The maximum atomic E-state index is 12.8. The Hall–Kier alpha value is -1.67. The van der Waals surface area contributed by atoms with Crippen LogP contribution < -0.4 is 19.5 Å². The van der Waals surface area contributed by atoms with Crippen molar-refractivity contribution < 1.29 is 27.4 Å². The number of benzene rings is 1. The molecular formula is C17H25F3N2O3. The Morgan fingerprint density at radius 2 is 1.56 bits per heavy atom. The highest BCUT2D eigenvalue weighted by Gasteiger charge is 2.33. The lowest BCUT2D eigenvalue weighted by Gasteiger charge is -2.36. The van der Waals surface area contributed by atoms with Crippen molar-refractivity contribution in [1.29, 1.82) is 0 Å². The van der Waals surface area contributed by atoms with Crippen molar-refractivity contribution in [3.05, 3.63) is 17.7 Å². The van der Waals surface area contributed by atoms with Gasteiger partial charge in [0.15, 0.2) is 11.5 Å². The van der Waals surface area contributed by atoms with Gasteiger partial charge in [0.2, 0.25) is 0 Å². The van der Waals surface area contributed by atoms with Gasteiger partial charge in [-0.1, -0.05) is 0 Å². The van der Waals surface area contributed by atoms with E-state index in [1.165, 1.54) is 21.3 Å². The Morgan fingerprint density at radius 1 is 1.00 bits per heavy atom. The van der Waals surface area contributed by atoms with Crippen molar-refractivity contribution in [3.63, 3.8) is 0 Å². The van der Waals surface area contributed by atoms with Crippen LogP contribution in [0.4, 0.5) is 13.2 Å². The first-order valence-electron chi connectivity index (χ1n) is 8.21. The number of ether oxygens (including phenoxy) is 3. The van der Waals surface area contributed by atoms with E-state index < -0.39 is 18.6 Å². The first-order valence-corrected chi connectivity index (χ1v) is 8.21. The Balaban J connectivity index is 2.40. The van der Waals surface area contributed by atoms with Crippen molar-refractivity contribution >= 4 is 0 Å². The van der Waals surface area contributed by atoms with Gasteiger partial charge in [-0.25, -0.2) is 0 Å². The molecule has 0 unspecified atom stereocenters. The van der Waals surface area contributed by atoms with E-state index in [4.69, 9.17) is 14.2 Å². The molecule has 1 atom stereocenters. The summed E-state index contributed by atoms with van der Waals surface area (Å²) in [4.78, 5) is 2.06. The van der Waals surface area contributed by atoms with E-state index in [0.29, 0.717) is 35.9 Å². The molecule has 1 fully saturated rings. The number of hydrogen-bond acceptors (Lipinski definition) is 5. The third kappa shape index (κ3) is 5.15. The summed E-state index contributed by atoms with van der Waals surface area (Å²) in [7, 11) is 4.52. The van der Waals surface area contributed by atoms with E-state index in [1.807, 2.05) is 0 Å². The van der Waals surface area contributed by atoms with Crippen molar-refractivity contribution in [2.24, 2.45) is 0 Å². The molecule has 1 saturated heterocycles. The highest BCUT2D eigenvalue weighted by atomic mass is 19.4. The van der Waals surface area contributed by atoms with Gasteiger partial charge in [-0.3, -0.25) is 4.90 Å². The Bertz CT molecular complexity index is 561. The second-order valence-corrected chi connectivity index (χ2v) is 5.90. The third-order valence-corrected chi connectivity index (χ3v) is 4.39. The minimum atomic E-state index is -4.20. The molecule has 25 heavy (non-hydrogen) atoms. The molecule has 1 N–H and O–H groups in total. The van der Waals surface area contributed by atoms with Crippen LogP contribution in [0.15, 0.2) is 12.1 Å². The summed E-state index contributed by atoms with van der Waals surface area (Å²) in [5, 5.41) is 3.22. The van der Waals surface area contributed by atoms with Crippen LogP contribution in [0.5, 0.6) is 17.2 Å². The topological polar surface area (TPSA) is 43.0 Å². The second kappa shape index (κ2) is 8.62. The minimum absolute atomic E-state index is 0.0324. The minimum Gasteiger partial charge on any atom is -0.496 e. The number of methoxy groups -OCH3 is 3. The first kappa shape index (κ1) is 19.7. The molecule has 1 aliphatic rings. The molecule has 1 heterocycles. The third-order valence-electron chi connectivity index (χ3n) is 4.39. The lowest BCUT2D eigenvalue weighted by atomic mass is 9.97. The van der Waals surface area contributed by atoms with Crippen LogP contribution in [0, 0.1) is 0 Å². The summed E-state index contributed by atoms with van der Waals surface area (Å²) in [6.07, 6.45) is -5.08. The molecule has 0 amide bonds. The molecule has 8 heteroatoms.